The lowest BCUT2D eigenvalue weighted by molar-refractivity contribution is 0.0943. The second-order valence-electron chi connectivity index (χ2n) is 2.99. The van der Waals surface area contributed by atoms with Crippen molar-refractivity contribution in [3.63, 3.8) is 0 Å². The standard InChI is InChI=1S/C9H6Cl2O2S2/c10-14-5-1-2-7-6(3-5)9(12)8(15-11)4-13-7/h1-3,8H,4H2. The summed E-state index contributed by atoms with van der Waals surface area (Å²) in [4.78, 5) is 12.7. The van der Waals surface area contributed by atoms with E-state index in [0.29, 0.717) is 17.9 Å². The van der Waals surface area contributed by atoms with Gasteiger partial charge in [-0.3, -0.25) is 4.79 Å². The van der Waals surface area contributed by atoms with Crippen molar-refractivity contribution in [2.45, 2.75) is 10.1 Å². The molecule has 2 nitrogen and oxygen atoms in total. The van der Waals surface area contributed by atoms with Crippen LogP contribution in [0.1, 0.15) is 10.4 Å². The number of ketones is 1. The maximum Gasteiger partial charge on any atom is 0.184 e. The molecule has 1 atom stereocenters. The van der Waals surface area contributed by atoms with E-state index in [1.165, 1.54) is 0 Å². The van der Waals surface area contributed by atoms with Gasteiger partial charge in [-0.2, -0.15) is 0 Å². The quantitative estimate of drug-likeness (QED) is 0.824. The molecule has 1 heterocycles. The molecule has 0 aromatic heterocycles. The predicted octanol–water partition coefficient (Wildman–Crippen LogP) is 3.76. The van der Waals surface area contributed by atoms with E-state index in [1.54, 1.807) is 12.1 Å². The molecule has 1 unspecified atom stereocenters. The fraction of sp³-hybridized carbons (Fsp3) is 0.222. The molecule has 0 saturated carbocycles. The van der Waals surface area contributed by atoms with Crippen LogP contribution in [0.3, 0.4) is 0 Å². The third-order valence-electron chi connectivity index (χ3n) is 2.10. The first-order valence-corrected chi connectivity index (χ1v) is 7.48. The Kier molecular flexibility index (Phi) is 3.72. The number of rotatable bonds is 2. The van der Waals surface area contributed by atoms with Crippen molar-refractivity contribution in [2.75, 3.05) is 6.61 Å². The second kappa shape index (κ2) is 4.87. The fourth-order valence-corrected chi connectivity index (χ4v) is 2.65. The van der Waals surface area contributed by atoms with Gasteiger partial charge in [0.05, 0.1) is 5.56 Å². The molecule has 15 heavy (non-hydrogen) atoms. The van der Waals surface area contributed by atoms with Gasteiger partial charge in [-0.1, -0.05) is 0 Å². The van der Waals surface area contributed by atoms with Crippen LogP contribution in [0.15, 0.2) is 23.1 Å². The number of hydrogen-bond donors (Lipinski definition) is 0. The van der Waals surface area contributed by atoms with E-state index in [4.69, 9.17) is 26.1 Å². The van der Waals surface area contributed by atoms with Crippen molar-refractivity contribution in [3.8, 4) is 5.75 Å². The Labute approximate surface area is 105 Å². The molecule has 0 saturated heterocycles. The molecule has 80 valence electrons. The maximum atomic E-state index is 11.9. The van der Waals surface area contributed by atoms with Crippen molar-refractivity contribution in [3.05, 3.63) is 23.8 Å². The zero-order valence-corrected chi connectivity index (χ0v) is 10.6. The number of carbonyl (C=O) groups is 1. The highest BCUT2D eigenvalue weighted by molar-refractivity contribution is 8.22. The third-order valence-corrected chi connectivity index (χ3v) is 4.27. The van der Waals surface area contributed by atoms with Gasteiger partial charge in [0.15, 0.2) is 5.78 Å². The molecule has 2 rings (SSSR count). The smallest absolute Gasteiger partial charge is 0.184 e. The van der Waals surface area contributed by atoms with Gasteiger partial charge in [0.2, 0.25) is 0 Å². The Bertz CT molecular complexity index is 398. The number of fused-ring (bicyclic) bond motifs is 1. The molecule has 0 aliphatic carbocycles. The normalized spacial score (nSPS) is 19.6. The minimum Gasteiger partial charge on any atom is -0.491 e. The number of benzene rings is 1. The lowest BCUT2D eigenvalue weighted by atomic mass is 10.1. The molecule has 1 aliphatic rings. The predicted molar refractivity (Wildman–Crippen MR) is 65.2 cm³/mol. The molecule has 0 radical (unpaired) electrons. The zero-order valence-electron chi connectivity index (χ0n) is 7.41. The van der Waals surface area contributed by atoms with Crippen LogP contribution in [0.4, 0.5) is 0 Å². The van der Waals surface area contributed by atoms with Crippen LogP contribution < -0.4 is 4.74 Å². The summed E-state index contributed by atoms with van der Waals surface area (Å²) in [6.45, 7) is 0.327. The Morgan fingerprint density at radius 1 is 1.40 bits per heavy atom. The van der Waals surface area contributed by atoms with E-state index in [-0.39, 0.29) is 11.0 Å². The third kappa shape index (κ3) is 2.23. The highest BCUT2D eigenvalue weighted by Crippen LogP contribution is 2.34. The molecule has 0 amide bonds. The first-order valence-electron chi connectivity index (χ1n) is 4.13. The van der Waals surface area contributed by atoms with E-state index in [9.17, 15) is 4.79 Å². The number of ether oxygens (including phenoxy) is 1. The molecule has 1 aromatic rings. The van der Waals surface area contributed by atoms with Crippen LogP contribution >= 0.6 is 43.3 Å². The minimum absolute atomic E-state index is 0.00353. The summed E-state index contributed by atoms with van der Waals surface area (Å²) < 4.78 is 5.42. The summed E-state index contributed by atoms with van der Waals surface area (Å²) in [6, 6.07) is 5.31. The largest absolute Gasteiger partial charge is 0.491 e. The fourth-order valence-electron chi connectivity index (χ4n) is 1.36. The monoisotopic (exact) mass is 280 g/mol. The lowest BCUT2D eigenvalue weighted by Crippen LogP contribution is -2.29. The Morgan fingerprint density at radius 2 is 2.20 bits per heavy atom. The molecule has 1 aromatic carbocycles. The highest BCUT2D eigenvalue weighted by atomic mass is 35.7. The molecular formula is C9H6Cl2O2S2. The zero-order chi connectivity index (χ0) is 10.8. The lowest BCUT2D eigenvalue weighted by Gasteiger charge is -2.21. The van der Waals surface area contributed by atoms with Gasteiger partial charge in [0.25, 0.3) is 0 Å². The summed E-state index contributed by atoms with van der Waals surface area (Å²) in [7, 11) is 13.3. The van der Waals surface area contributed by atoms with Crippen LogP contribution in [-0.4, -0.2) is 17.6 Å². The molecule has 0 bridgehead atoms. The summed E-state index contributed by atoms with van der Waals surface area (Å²) >= 11 is 0. The van der Waals surface area contributed by atoms with Crippen molar-refractivity contribution in [1.29, 1.82) is 0 Å². The van der Waals surface area contributed by atoms with Crippen molar-refractivity contribution < 1.29 is 9.53 Å². The SMILES string of the molecule is O=C1c2cc(SCl)ccc2OCC1SCl. The topological polar surface area (TPSA) is 26.3 Å². The van der Waals surface area contributed by atoms with Gasteiger partial charge in [-0.25, -0.2) is 0 Å². The van der Waals surface area contributed by atoms with Gasteiger partial charge in [-0.15, -0.1) is 0 Å². The molecule has 6 heteroatoms. The summed E-state index contributed by atoms with van der Waals surface area (Å²) in [5.41, 5.74) is 0.560. The van der Waals surface area contributed by atoms with Gasteiger partial charge < -0.3 is 4.74 Å². The average Bonchev–Trinajstić information content (AvgIpc) is 2.29. The van der Waals surface area contributed by atoms with Crippen LogP contribution in [0.25, 0.3) is 0 Å². The molecule has 0 spiro atoms. The number of halogens is 2. The van der Waals surface area contributed by atoms with E-state index in [2.05, 4.69) is 0 Å². The Balaban J connectivity index is 2.40. The first kappa shape index (κ1) is 11.5. The molecule has 0 N–H and O–H groups in total. The second-order valence-corrected chi connectivity index (χ2v) is 5.36. The van der Waals surface area contributed by atoms with E-state index in [1.807, 2.05) is 6.07 Å². The van der Waals surface area contributed by atoms with Gasteiger partial charge >= 0.3 is 0 Å². The van der Waals surface area contributed by atoms with Gasteiger partial charge in [-0.05, 0) is 61.5 Å². The number of carbonyl (C=O) groups excluding carboxylic acids is 1. The first-order chi connectivity index (χ1) is 7.26. The number of Topliss-reactive ketones (excluding diaryl/α,β-unsaturated/α-hetero) is 1. The van der Waals surface area contributed by atoms with Crippen LogP contribution in [0.2, 0.25) is 0 Å². The van der Waals surface area contributed by atoms with Crippen LogP contribution in [-0.2, 0) is 0 Å². The van der Waals surface area contributed by atoms with E-state index >= 15 is 0 Å². The van der Waals surface area contributed by atoms with Gasteiger partial charge in [0.1, 0.15) is 17.6 Å². The van der Waals surface area contributed by atoms with Crippen LogP contribution in [0, 0.1) is 0 Å². The van der Waals surface area contributed by atoms with E-state index < -0.39 is 0 Å². The summed E-state index contributed by atoms with van der Waals surface area (Å²) in [5.74, 6) is 0.611. The van der Waals surface area contributed by atoms with E-state index in [0.717, 1.165) is 26.8 Å². The summed E-state index contributed by atoms with van der Waals surface area (Å²) in [5, 5.41) is -0.324. The number of hydrogen-bond acceptors (Lipinski definition) is 4. The highest BCUT2D eigenvalue weighted by Gasteiger charge is 2.29. The van der Waals surface area contributed by atoms with Crippen molar-refractivity contribution >= 4 is 49.1 Å². The minimum atomic E-state index is -0.324. The van der Waals surface area contributed by atoms with Crippen LogP contribution in [0.5, 0.6) is 5.75 Å². The Hall–Kier alpha value is -0.0300. The molecular weight excluding hydrogens is 275 g/mol. The van der Waals surface area contributed by atoms with Gasteiger partial charge in [0, 0.05) is 4.90 Å². The molecule has 1 aliphatic heterocycles. The van der Waals surface area contributed by atoms with Crippen molar-refractivity contribution in [2.24, 2.45) is 0 Å². The maximum absolute atomic E-state index is 11.9. The Morgan fingerprint density at radius 3 is 2.87 bits per heavy atom. The van der Waals surface area contributed by atoms with Crippen molar-refractivity contribution in [1.82, 2.24) is 0 Å². The molecule has 0 fully saturated rings. The summed E-state index contributed by atoms with van der Waals surface area (Å²) in [6.07, 6.45) is 0. The average molecular weight is 281 g/mol.